The van der Waals surface area contributed by atoms with Crippen molar-refractivity contribution in [3.8, 4) is 5.69 Å². The SMILES string of the molecule is O=C(NCc1ccccc1)c1ccn(-c2cc3c(cc2[N+](=O)[O-])N=CCN3C2CCCCC2)c1. The van der Waals surface area contributed by atoms with Gasteiger partial charge in [0.05, 0.1) is 28.4 Å². The molecular formula is C26H27N5O3. The normalized spacial score (nSPS) is 15.7. The Labute approximate surface area is 198 Å². The fourth-order valence-electron chi connectivity index (χ4n) is 4.87. The molecule has 1 N–H and O–H groups in total. The van der Waals surface area contributed by atoms with Gasteiger partial charge in [0, 0.05) is 37.3 Å². The second kappa shape index (κ2) is 9.51. The molecular weight excluding hydrogens is 430 g/mol. The number of nitrogens with zero attached hydrogens (tertiary/aromatic N) is 4. The van der Waals surface area contributed by atoms with Crippen LogP contribution in [0, 0.1) is 10.1 Å². The lowest BCUT2D eigenvalue weighted by Crippen LogP contribution is -2.39. The van der Waals surface area contributed by atoms with Crippen LogP contribution in [-0.4, -0.2) is 34.2 Å². The van der Waals surface area contributed by atoms with Crippen molar-refractivity contribution in [1.29, 1.82) is 0 Å². The average molecular weight is 458 g/mol. The van der Waals surface area contributed by atoms with Crippen molar-refractivity contribution >= 4 is 29.2 Å². The molecule has 5 rings (SSSR count). The van der Waals surface area contributed by atoms with E-state index in [1.165, 1.54) is 19.3 Å². The molecule has 3 aromatic rings. The Kier molecular flexibility index (Phi) is 6.12. The van der Waals surface area contributed by atoms with Gasteiger partial charge in [-0.25, -0.2) is 0 Å². The molecule has 0 saturated heterocycles. The van der Waals surface area contributed by atoms with Crippen LogP contribution in [0.4, 0.5) is 17.1 Å². The Morgan fingerprint density at radius 2 is 1.88 bits per heavy atom. The van der Waals surface area contributed by atoms with E-state index < -0.39 is 0 Å². The third-order valence-corrected chi connectivity index (χ3v) is 6.63. The summed E-state index contributed by atoms with van der Waals surface area (Å²) in [6, 6.07) is 15.2. The van der Waals surface area contributed by atoms with Crippen LogP contribution in [0.5, 0.6) is 0 Å². The number of anilines is 1. The molecule has 8 heteroatoms. The Morgan fingerprint density at radius 3 is 2.65 bits per heavy atom. The van der Waals surface area contributed by atoms with E-state index in [1.54, 1.807) is 29.1 Å². The predicted octanol–water partition coefficient (Wildman–Crippen LogP) is 5.17. The molecule has 1 amide bonds. The van der Waals surface area contributed by atoms with Crippen LogP contribution >= 0.6 is 0 Å². The van der Waals surface area contributed by atoms with Crippen LogP contribution < -0.4 is 10.2 Å². The van der Waals surface area contributed by atoms with E-state index in [9.17, 15) is 14.9 Å². The van der Waals surface area contributed by atoms with Crippen molar-refractivity contribution in [3.63, 3.8) is 0 Å². The van der Waals surface area contributed by atoms with Gasteiger partial charge in [0.1, 0.15) is 5.69 Å². The lowest BCUT2D eigenvalue weighted by molar-refractivity contribution is -0.384. The molecule has 2 aromatic carbocycles. The van der Waals surface area contributed by atoms with Gasteiger partial charge in [0.25, 0.3) is 11.6 Å². The van der Waals surface area contributed by atoms with Crippen molar-refractivity contribution in [3.05, 3.63) is 82.2 Å². The molecule has 1 saturated carbocycles. The number of carbonyl (C=O) groups is 1. The molecule has 34 heavy (non-hydrogen) atoms. The maximum Gasteiger partial charge on any atom is 0.295 e. The van der Waals surface area contributed by atoms with E-state index in [0.29, 0.717) is 36.1 Å². The number of benzene rings is 2. The first-order chi connectivity index (χ1) is 16.6. The van der Waals surface area contributed by atoms with Crippen molar-refractivity contribution in [2.24, 2.45) is 4.99 Å². The first-order valence-corrected chi connectivity index (χ1v) is 11.7. The van der Waals surface area contributed by atoms with Gasteiger partial charge in [0.15, 0.2) is 0 Å². The number of aromatic nitrogens is 1. The summed E-state index contributed by atoms with van der Waals surface area (Å²) in [6.45, 7) is 1.12. The summed E-state index contributed by atoms with van der Waals surface area (Å²) in [4.78, 5) is 31.0. The van der Waals surface area contributed by atoms with E-state index in [4.69, 9.17) is 0 Å². The van der Waals surface area contributed by atoms with Gasteiger partial charge in [-0.1, -0.05) is 49.6 Å². The summed E-state index contributed by atoms with van der Waals surface area (Å²) in [5, 5.41) is 14.8. The first-order valence-electron chi connectivity index (χ1n) is 11.7. The number of hydrogen-bond acceptors (Lipinski definition) is 5. The van der Waals surface area contributed by atoms with Crippen molar-refractivity contribution in [1.82, 2.24) is 9.88 Å². The Hall–Kier alpha value is -3.94. The monoisotopic (exact) mass is 457 g/mol. The Balaban J connectivity index is 1.44. The average Bonchev–Trinajstić information content (AvgIpc) is 3.37. The maximum atomic E-state index is 12.7. The molecule has 0 spiro atoms. The summed E-state index contributed by atoms with van der Waals surface area (Å²) in [5.74, 6) is -0.225. The standard InChI is InChI=1S/C26H27N5O3/c32-26(28-17-19-7-3-1-4-8-19)20-11-13-29(18-20)24-16-23-22(15-25(24)31(33)34)27-12-14-30(23)21-9-5-2-6-10-21/h1,3-4,7-8,11-13,15-16,18,21H,2,5-6,9-10,14,17H2,(H,28,32). The van der Waals surface area contributed by atoms with Crippen LogP contribution in [0.25, 0.3) is 5.69 Å². The summed E-state index contributed by atoms with van der Waals surface area (Å²) in [6.07, 6.45) is 11.1. The number of amides is 1. The highest BCUT2D eigenvalue weighted by molar-refractivity contribution is 5.94. The molecule has 2 heterocycles. The van der Waals surface area contributed by atoms with Gasteiger partial charge in [-0.15, -0.1) is 0 Å². The topological polar surface area (TPSA) is 92.8 Å². The Bertz CT molecular complexity index is 1230. The fraction of sp³-hybridized carbons (Fsp3) is 0.308. The lowest BCUT2D eigenvalue weighted by atomic mass is 9.93. The first kappa shape index (κ1) is 21.9. The summed E-state index contributed by atoms with van der Waals surface area (Å²) < 4.78 is 1.66. The third-order valence-electron chi connectivity index (χ3n) is 6.63. The van der Waals surface area contributed by atoms with Gasteiger partial charge in [0.2, 0.25) is 0 Å². The van der Waals surface area contributed by atoms with Gasteiger partial charge in [-0.2, -0.15) is 0 Å². The number of hydrogen-bond donors (Lipinski definition) is 1. The highest BCUT2D eigenvalue weighted by Crippen LogP contribution is 2.41. The fourth-order valence-corrected chi connectivity index (χ4v) is 4.87. The van der Waals surface area contributed by atoms with Crippen molar-refractivity contribution < 1.29 is 9.72 Å². The molecule has 8 nitrogen and oxygen atoms in total. The number of nitro groups is 1. The van der Waals surface area contributed by atoms with E-state index in [1.807, 2.05) is 42.6 Å². The second-order valence-electron chi connectivity index (χ2n) is 8.82. The van der Waals surface area contributed by atoms with E-state index in [2.05, 4.69) is 15.2 Å². The minimum atomic E-state index is -0.389. The number of nitro benzene ring substituents is 1. The van der Waals surface area contributed by atoms with Crippen molar-refractivity contribution in [2.75, 3.05) is 11.4 Å². The lowest BCUT2D eigenvalue weighted by Gasteiger charge is -2.37. The zero-order chi connectivity index (χ0) is 23.5. The molecule has 0 unspecified atom stereocenters. The summed E-state index contributed by atoms with van der Waals surface area (Å²) in [5.41, 5.74) is 3.39. The third kappa shape index (κ3) is 4.44. The van der Waals surface area contributed by atoms with Gasteiger partial charge >= 0.3 is 0 Å². The largest absolute Gasteiger partial charge is 0.361 e. The molecule has 1 fully saturated rings. The maximum absolute atomic E-state index is 12.7. The zero-order valence-electron chi connectivity index (χ0n) is 18.9. The Morgan fingerprint density at radius 1 is 1.09 bits per heavy atom. The van der Waals surface area contributed by atoms with E-state index in [-0.39, 0.29) is 16.5 Å². The molecule has 1 aliphatic heterocycles. The van der Waals surface area contributed by atoms with Crippen LogP contribution in [-0.2, 0) is 6.54 Å². The predicted molar refractivity (Wildman–Crippen MR) is 132 cm³/mol. The van der Waals surface area contributed by atoms with Crippen LogP contribution in [0.3, 0.4) is 0 Å². The number of fused-ring (bicyclic) bond motifs is 1. The van der Waals surface area contributed by atoms with E-state index >= 15 is 0 Å². The van der Waals surface area contributed by atoms with Gasteiger partial charge in [-0.05, 0) is 30.5 Å². The number of nitrogens with one attached hydrogen (secondary N) is 1. The molecule has 1 aliphatic carbocycles. The smallest absolute Gasteiger partial charge is 0.295 e. The quantitative estimate of drug-likeness (QED) is 0.408. The summed E-state index contributed by atoms with van der Waals surface area (Å²) >= 11 is 0. The minimum Gasteiger partial charge on any atom is -0.361 e. The number of aliphatic imine (C=N–C) groups is 1. The molecule has 174 valence electrons. The molecule has 0 radical (unpaired) electrons. The highest BCUT2D eigenvalue weighted by Gasteiger charge is 2.28. The zero-order valence-corrected chi connectivity index (χ0v) is 18.9. The molecule has 0 bridgehead atoms. The molecule has 2 aliphatic rings. The van der Waals surface area contributed by atoms with Crippen LogP contribution in [0.2, 0.25) is 0 Å². The summed E-state index contributed by atoms with van der Waals surface area (Å²) in [7, 11) is 0. The van der Waals surface area contributed by atoms with Gasteiger partial charge < -0.3 is 14.8 Å². The highest BCUT2D eigenvalue weighted by atomic mass is 16.6. The number of carbonyl (C=O) groups excluding carboxylic acids is 1. The van der Waals surface area contributed by atoms with Gasteiger partial charge in [-0.3, -0.25) is 19.9 Å². The van der Waals surface area contributed by atoms with Crippen molar-refractivity contribution in [2.45, 2.75) is 44.7 Å². The van der Waals surface area contributed by atoms with Crippen LogP contribution in [0.1, 0.15) is 48.0 Å². The van der Waals surface area contributed by atoms with E-state index in [0.717, 1.165) is 24.1 Å². The number of rotatable bonds is 6. The second-order valence-corrected chi connectivity index (χ2v) is 8.82. The van der Waals surface area contributed by atoms with Crippen LogP contribution in [0.15, 0.2) is 65.9 Å². The molecule has 0 atom stereocenters. The molecule has 1 aromatic heterocycles. The minimum absolute atomic E-state index is 0.0340.